The minimum absolute atomic E-state index is 0.116. The maximum Gasteiger partial charge on any atom is 0.269 e. The lowest BCUT2D eigenvalue weighted by atomic mass is 10.3. The molecule has 0 aliphatic carbocycles. The lowest BCUT2D eigenvalue weighted by Crippen LogP contribution is -2.26. The minimum atomic E-state index is -0.116. The molecule has 3 heterocycles. The fourth-order valence-electron chi connectivity index (χ4n) is 2.39. The van der Waals surface area contributed by atoms with Crippen LogP contribution in [0.15, 0.2) is 35.4 Å². The highest BCUT2D eigenvalue weighted by atomic mass is 35.5. The average Bonchev–Trinajstić information content (AvgIpc) is 2.97. The first-order valence-electron chi connectivity index (χ1n) is 6.65. The van der Waals surface area contributed by atoms with Gasteiger partial charge in [0, 0.05) is 30.9 Å². The summed E-state index contributed by atoms with van der Waals surface area (Å²) in [6.45, 7) is 2.34. The summed E-state index contributed by atoms with van der Waals surface area (Å²) in [5.41, 5.74) is 1.58. The van der Waals surface area contributed by atoms with Crippen LogP contribution in [0.1, 0.15) is 18.4 Å². The van der Waals surface area contributed by atoms with Crippen molar-refractivity contribution in [2.75, 3.05) is 18.0 Å². The van der Waals surface area contributed by atoms with Gasteiger partial charge in [0.05, 0.1) is 18.4 Å². The van der Waals surface area contributed by atoms with Gasteiger partial charge in [-0.3, -0.25) is 4.79 Å². The van der Waals surface area contributed by atoms with Crippen LogP contribution in [-0.4, -0.2) is 27.9 Å². The average molecular weight is 291 g/mol. The van der Waals surface area contributed by atoms with E-state index in [1.54, 1.807) is 24.5 Å². The van der Waals surface area contributed by atoms with E-state index >= 15 is 0 Å². The van der Waals surface area contributed by atoms with Gasteiger partial charge in [-0.05, 0) is 18.9 Å². The van der Waals surface area contributed by atoms with Gasteiger partial charge in [-0.25, -0.2) is 9.67 Å². The molecular formula is C14H15ClN4O. The SMILES string of the molecule is O=c1cc(N2CCCC2)cnn1Cc1cccnc1Cl. The van der Waals surface area contributed by atoms with Crippen LogP contribution in [0.5, 0.6) is 0 Å². The molecule has 1 aliphatic heterocycles. The smallest absolute Gasteiger partial charge is 0.269 e. The third kappa shape index (κ3) is 2.67. The van der Waals surface area contributed by atoms with E-state index < -0.39 is 0 Å². The van der Waals surface area contributed by atoms with Crippen molar-refractivity contribution in [2.24, 2.45) is 0 Å². The largest absolute Gasteiger partial charge is 0.370 e. The highest BCUT2D eigenvalue weighted by Crippen LogP contribution is 2.17. The van der Waals surface area contributed by atoms with Gasteiger partial charge in [0.1, 0.15) is 5.15 Å². The summed E-state index contributed by atoms with van der Waals surface area (Å²) in [7, 11) is 0. The van der Waals surface area contributed by atoms with Crippen LogP contribution in [0.2, 0.25) is 5.15 Å². The number of nitrogens with zero attached hydrogens (tertiary/aromatic N) is 4. The number of aromatic nitrogens is 3. The number of pyridine rings is 1. The predicted molar refractivity (Wildman–Crippen MR) is 78.3 cm³/mol. The third-order valence-electron chi connectivity index (χ3n) is 3.48. The zero-order valence-electron chi connectivity index (χ0n) is 11.0. The highest BCUT2D eigenvalue weighted by Gasteiger charge is 2.14. The summed E-state index contributed by atoms with van der Waals surface area (Å²) in [6.07, 6.45) is 5.72. The zero-order chi connectivity index (χ0) is 13.9. The molecule has 0 bridgehead atoms. The molecule has 3 rings (SSSR count). The summed E-state index contributed by atoms with van der Waals surface area (Å²) in [5.74, 6) is 0. The molecule has 1 saturated heterocycles. The Kier molecular flexibility index (Phi) is 3.69. The summed E-state index contributed by atoms with van der Waals surface area (Å²) in [4.78, 5) is 18.3. The third-order valence-corrected chi connectivity index (χ3v) is 3.82. The number of hydrogen-bond acceptors (Lipinski definition) is 4. The Labute approximate surface area is 121 Å². The van der Waals surface area contributed by atoms with Crippen molar-refractivity contribution >= 4 is 17.3 Å². The van der Waals surface area contributed by atoms with Gasteiger partial charge in [0.15, 0.2) is 0 Å². The molecule has 0 amide bonds. The minimum Gasteiger partial charge on any atom is -0.370 e. The Balaban J connectivity index is 1.84. The molecule has 2 aromatic rings. The Morgan fingerprint density at radius 2 is 2.10 bits per heavy atom. The van der Waals surface area contributed by atoms with Crippen LogP contribution in [0, 0.1) is 0 Å². The highest BCUT2D eigenvalue weighted by molar-refractivity contribution is 6.30. The molecule has 0 saturated carbocycles. The van der Waals surface area contributed by atoms with Crippen molar-refractivity contribution in [1.82, 2.24) is 14.8 Å². The van der Waals surface area contributed by atoms with Crippen LogP contribution in [0.3, 0.4) is 0 Å². The Hall–Kier alpha value is -1.88. The van der Waals surface area contributed by atoms with E-state index in [0.29, 0.717) is 11.7 Å². The van der Waals surface area contributed by atoms with Crippen LogP contribution >= 0.6 is 11.6 Å². The summed E-state index contributed by atoms with van der Waals surface area (Å²) < 4.78 is 1.41. The molecule has 0 unspecified atom stereocenters. The van der Waals surface area contributed by atoms with Gasteiger partial charge >= 0.3 is 0 Å². The fourth-order valence-corrected chi connectivity index (χ4v) is 2.57. The predicted octanol–water partition coefficient (Wildman–Crippen LogP) is 1.94. The van der Waals surface area contributed by atoms with E-state index in [1.165, 1.54) is 17.5 Å². The van der Waals surface area contributed by atoms with Crippen molar-refractivity contribution in [3.8, 4) is 0 Å². The molecule has 104 valence electrons. The molecular weight excluding hydrogens is 276 g/mol. The molecule has 5 nitrogen and oxygen atoms in total. The van der Waals surface area contributed by atoms with Crippen molar-refractivity contribution < 1.29 is 0 Å². The van der Waals surface area contributed by atoms with E-state index in [2.05, 4.69) is 15.0 Å². The van der Waals surface area contributed by atoms with Gasteiger partial charge in [-0.1, -0.05) is 17.7 Å². The van der Waals surface area contributed by atoms with Crippen LogP contribution in [-0.2, 0) is 6.54 Å². The first kappa shape index (κ1) is 13.1. The number of rotatable bonds is 3. The van der Waals surface area contributed by atoms with Crippen molar-refractivity contribution in [3.05, 3.63) is 51.7 Å². The van der Waals surface area contributed by atoms with Gasteiger partial charge in [0.25, 0.3) is 5.56 Å². The van der Waals surface area contributed by atoms with Crippen molar-refractivity contribution in [3.63, 3.8) is 0 Å². The molecule has 1 aliphatic rings. The van der Waals surface area contributed by atoms with Crippen LogP contribution < -0.4 is 10.5 Å². The fraction of sp³-hybridized carbons (Fsp3) is 0.357. The number of anilines is 1. The van der Waals surface area contributed by atoms with E-state index in [1.807, 2.05) is 6.07 Å². The lowest BCUT2D eigenvalue weighted by molar-refractivity contribution is 0.636. The van der Waals surface area contributed by atoms with Crippen LogP contribution in [0.4, 0.5) is 5.69 Å². The quantitative estimate of drug-likeness (QED) is 0.811. The Morgan fingerprint density at radius 3 is 2.80 bits per heavy atom. The standard InChI is InChI=1S/C14H15ClN4O/c15-14-11(4-3-5-16-14)10-19-13(20)8-12(9-17-19)18-6-1-2-7-18/h3-5,8-9H,1-2,6-7,10H2. The second-order valence-corrected chi connectivity index (χ2v) is 5.22. The van der Waals surface area contributed by atoms with Gasteiger partial charge in [0.2, 0.25) is 0 Å². The van der Waals surface area contributed by atoms with E-state index in [9.17, 15) is 4.79 Å². The first-order chi connectivity index (χ1) is 9.74. The molecule has 0 spiro atoms. The van der Waals surface area contributed by atoms with Gasteiger partial charge in [-0.15, -0.1) is 0 Å². The molecule has 0 N–H and O–H groups in total. The molecule has 0 aromatic carbocycles. The second-order valence-electron chi connectivity index (χ2n) is 4.86. The van der Waals surface area contributed by atoms with Crippen LogP contribution in [0.25, 0.3) is 0 Å². The molecule has 2 aromatic heterocycles. The number of halogens is 1. The summed E-state index contributed by atoms with van der Waals surface area (Å²) >= 11 is 6.00. The Morgan fingerprint density at radius 1 is 1.30 bits per heavy atom. The molecule has 0 atom stereocenters. The first-order valence-corrected chi connectivity index (χ1v) is 7.03. The maximum atomic E-state index is 12.1. The maximum absolute atomic E-state index is 12.1. The molecule has 1 fully saturated rings. The van der Waals surface area contributed by atoms with Gasteiger partial charge in [-0.2, -0.15) is 5.10 Å². The molecule has 0 radical (unpaired) electrons. The molecule has 20 heavy (non-hydrogen) atoms. The van der Waals surface area contributed by atoms with E-state index in [-0.39, 0.29) is 5.56 Å². The number of hydrogen-bond donors (Lipinski definition) is 0. The van der Waals surface area contributed by atoms with E-state index in [0.717, 1.165) is 24.3 Å². The van der Waals surface area contributed by atoms with Gasteiger partial charge < -0.3 is 4.90 Å². The van der Waals surface area contributed by atoms with Crippen molar-refractivity contribution in [2.45, 2.75) is 19.4 Å². The lowest BCUT2D eigenvalue weighted by Gasteiger charge is -2.17. The zero-order valence-corrected chi connectivity index (χ0v) is 11.8. The summed E-state index contributed by atoms with van der Waals surface area (Å²) in [6, 6.07) is 5.28. The summed E-state index contributed by atoms with van der Waals surface area (Å²) in [5, 5.41) is 4.64. The Bertz CT molecular complexity index is 664. The topological polar surface area (TPSA) is 51.0 Å². The monoisotopic (exact) mass is 290 g/mol. The second kappa shape index (κ2) is 5.63. The normalized spacial score (nSPS) is 14.8. The van der Waals surface area contributed by atoms with Crippen molar-refractivity contribution in [1.29, 1.82) is 0 Å². The molecule has 6 heteroatoms. The van der Waals surface area contributed by atoms with E-state index in [4.69, 9.17) is 11.6 Å².